The van der Waals surface area contributed by atoms with Gasteiger partial charge >= 0.3 is 6.18 Å². The maximum atomic E-state index is 13.2. The fourth-order valence-corrected chi connectivity index (χ4v) is 5.14. The zero-order valence-corrected chi connectivity index (χ0v) is 19.4. The van der Waals surface area contributed by atoms with E-state index in [1.807, 2.05) is 55.1 Å². The number of benzene rings is 1. The number of carbonyl (C=O) groups excluding carboxylic acids is 2. The molecule has 4 rings (SSSR count). The number of alkyl halides is 3. The van der Waals surface area contributed by atoms with Crippen LogP contribution in [-0.2, 0) is 22.3 Å². The van der Waals surface area contributed by atoms with E-state index in [2.05, 4.69) is 10.3 Å². The predicted molar refractivity (Wildman–Crippen MR) is 125 cm³/mol. The molecule has 178 valence electrons. The Bertz CT molecular complexity index is 1180. The summed E-state index contributed by atoms with van der Waals surface area (Å²) in [6, 6.07) is 11.5. The van der Waals surface area contributed by atoms with E-state index in [0.29, 0.717) is 11.5 Å². The highest BCUT2D eigenvalue weighted by atomic mass is 32.1. The van der Waals surface area contributed by atoms with E-state index < -0.39 is 29.1 Å². The summed E-state index contributed by atoms with van der Waals surface area (Å²) in [6.07, 6.45) is -0.875. The molecule has 1 saturated heterocycles. The van der Waals surface area contributed by atoms with Crippen molar-refractivity contribution in [1.82, 2.24) is 9.88 Å². The average Bonchev–Trinajstić information content (AvgIpc) is 3.39. The van der Waals surface area contributed by atoms with Crippen molar-refractivity contribution in [2.75, 3.05) is 16.9 Å². The van der Waals surface area contributed by atoms with E-state index in [-0.39, 0.29) is 13.0 Å². The fourth-order valence-electron chi connectivity index (χ4n) is 4.20. The third-order valence-corrected chi connectivity index (χ3v) is 6.99. The minimum atomic E-state index is -4.48. The Balaban J connectivity index is 1.65. The van der Waals surface area contributed by atoms with Crippen molar-refractivity contribution in [2.45, 2.75) is 38.1 Å². The fraction of sp³-hybridized carbons (Fsp3) is 0.292. The average molecular weight is 489 g/mol. The maximum absolute atomic E-state index is 13.2. The monoisotopic (exact) mass is 488 g/mol. The Morgan fingerprint density at radius 2 is 2.00 bits per heavy atom. The zero-order valence-electron chi connectivity index (χ0n) is 18.5. The molecular formula is C24H23F3N4O2S. The van der Waals surface area contributed by atoms with Crippen LogP contribution in [-0.4, -0.2) is 40.2 Å². The lowest BCUT2D eigenvalue weighted by Crippen LogP contribution is -2.51. The number of Topliss-reactive ketones (excluding diaryl/α,β-unsaturated/α-hetero) is 1. The minimum absolute atomic E-state index is 0.183. The molecule has 2 aromatic heterocycles. The summed E-state index contributed by atoms with van der Waals surface area (Å²) in [5, 5.41) is 4.65. The first-order valence-electron chi connectivity index (χ1n) is 10.5. The quantitative estimate of drug-likeness (QED) is 0.369. The number of thiophene rings is 1. The number of para-hydroxylation sites is 1. The van der Waals surface area contributed by atoms with Crippen LogP contribution < -0.4 is 10.2 Å². The summed E-state index contributed by atoms with van der Waals surface area (Å²) >= 11 is 0.908. The van der Waals surface area contributed by atoms with Crippen molar-refractivity contribution in [2.24, 2.45) is 0 Å². The highest BCUT2D eigenvalue weighted by Gasteiger charge is 2.50. The van der Waals surface area contributed by atoms with Crippen LogP contribution in [0.15, 0.2) is 60.2 Å². The van der Waals surface area contributed by atoms with Gasteiger partial charge in [0.1, 0.15) is 6.04 Å². The number of hydrogen-bond donors (Lipinski definition) is 1. The van der Waals surface area contributed by atoms with Gasteiger partial charge in [-0.3, -0.25) is 19.5 Å². The van der Waals surface area contributed by atoms with Crippen LogP contribution in [0, 0.1) is 0 Å². The first-order valence-corrected chi connectivity index (χ1v) is 11.4. The number of carbonyl (C=O) groups is 2. The molecule has 0 radical (unpaired) electrons. The van der Waals surface area contributed by atoms with Gasteiger partial charge in [0.25, 0.3) is 0 Å². The minimum Gasteiger partial charge on any atom is -0.354 e. The van der Waals surface area contributed by atoms with E-state index in [4.69, 9.17) is 0 Å². The molecule has 1 aliphatic rings. The molecule has 1 fully saturated rings. The van der Waals surface area contributed by atoms with E-state index in [1.165, 1.54) is 0 Å². The molecular weight excluding hydrogens is 465 g/mol. The smallest absolute Gasteiger partial charge is 0.354 e. The Hall–Kier alpha value is -3.24. The largest absolute Gasteiger partial charge is 0.417 e. The van der Waals surface area contributed by atoms with Crippen LogP contribution in [0.4, 0.5) is 29.5 Å². The molecule has 1 aromatic carbocycles. The van der Waals surface area contributed by atoms with Crippen LogP contribution >= 0.6 is 11.3 Å². The summed E-state index contributed by atoms with van der Waals surface area (Å²) in [6.45, 7) is 4.22. The van der Waals surface area contributed by atoms with Gasteiger partial charge in [0.05, 0.1) is 29.1 Å². The van der Waals surface area contributed by atoms with Crippen molar-refractivity contribution in [3.8, 4) is 0 Å². The first kappa shape index (κ1) is 23.9. The normalized spacial score (nSPS) is 18.1. The number of halogens is 3. The van der Waals surface area contributed by atoms with Gasteiger partial charge in [0.15, 0.2) is 6.29 Å². The summed E-state index contributed by atoms with van der Waals surface area (Å²) in [5.41, 5.74) is 0.953. The Morgan fingerprint density at radius 1 is 1.26 bits per heavy atom. The predicted octanol–water partition coefficient (Wildman–Crippen LogP) is 5.10. The number of nitrogens with one attached hydrogen (secondary N) is 1. The van der Waals surface area contributed by atoms with Gasteiger partial charge in [0, 0.05) is 29.3 Å². The van der Waals surface area contributed by atoms with Gasteiger partial charge in [-0.25, -0.2) is 0 Å². The van der Waals surface area contributed by atoms with Crippen molar-refractivity contribution in [1.29, 1.82) is 0 Å². The number of rotatable bonds is 7. The van der Waals surface area contributed by atoms with Crippen molar-refractivity contribution >= 4 is 39.8 Å². The topological polar surface area (TPSA) is 65.5 Å². The number of anilines is 3. The van der Waals surface area contributed by atoms with Gasteiger partial charge in [-0.15, -0.1) is 11.3 Å². The molecule has 3 heterocycles. The van der Waals surface area contributed by atoms with Crippen molar-refractivity contribution < 1.29 is 22.8 Å². The standard InChI is InChI=1S/C24H23F3N4O2S/c1-23(2)22(20(33)13-32)31(21-10-17(14-34-21)24(25,26)27)15-30(23)12-16-8-9-28-11-19(16)29-18-6-4-3-5-7-18/h3-11,13-14,22,29H,12,15H2,1-2H3. The molecule has 3 aromatic rings. The van der Waals surface area contributed by atoms with E-state index in [9.17, 15) is 22.8 Å². The molecule has 0 bridgehead atoms. The lowest BCUT2D eigenvalue weighted by atomic mass is 9.91. The van der Waals surface area contributed by atoms with Gasteiger partial charge in [-0.05, 0) is 43.7 Å². The van der Waals surface area contributed by atoms with Crippen molar-refractivity contribution in [3.63, 3.8) is 0 Å². The lowest BCUT2D eigenvalue weighted by molar-refractivity contribution is -0.137. The Kier molecular flexibility index (Phi) is 6.46. The van der Waals surface area contributed by atoms with Crippen molar-refractivity contribution in [3.05, 3.63) is 71.4 Å². The number of ketones is 1. The highest BCUT2D eigenvalue weighted by molar-refractivity contribution is 7.14. The summed E-state index contributed by atoms with van der Waals surface area (Å²) in [5.74, 6) is -0.674. The molecule has 0 amide bonds. The number of aromatic nitrogens is 1. The second-order valence-electron chi connectivity index (χ2n) is 8.58. The number of aldehydes is 1. The first-order chi connectivity index (χ1) is 16.1. The molecule has 1 atom stereocenters. The van der Waals surface area contributed by atoms with Crippen LogP contribution in [0.3, 0.4) is 0 Å². The third-order valence-electron chi connectivity index (χ3n) is 6.03. The SMILES string of the molecule is CC1(C)C(C(=O)C=O)N(c2cc(C(F)(F)F)cs2)CN1Cc1ccncc1Nc1ccccc1. The number of hydrogen-bond acceptors (Lipinski definition) is 7. The molecule has 1 N–H and O–H groups in total. The molecule has 0 spiro atoms. The van der Waals surface area contributed by atoms with Crippen LogP contribution in [0.1, 0.15) is 25.0 Å². The van der Waals surface area contributed by atoms with Crippen LogP contribution in [0.2, 0.25) is 0 Å². The van der Waals surface area contributed by atoms with Crippen LogP contribution in [0.5, 0.6) is 0 Å². The molecule has 10 heteroatoms. The summed E-state index contributed by atoms with van der Waals surface area (Å²) < 4.78 is 39.6. The molecule has 34 heavy (non-hydrogen) atoms. The Labute approximate surface area is 199 Å². The molecule has 6 nitrogen and oxygen atoms in total. The highest BCUT2D eigenvalue weighted by Crippen LogP contribution is 2.42. The third kappa shape index (κ3) is 4.69. The van der Waals surface area contributed by atoms with Gasteiger partial charge < -0.3 is 10.2 Å². The second-order valence-corrected chi connectivity index (χ2v) is 9.47. The molecule has 0 aliphatic carbocycles. The second kappa shape index (κ2) is 9.19. The zero-order chi connectivity index (χ0) is 24.5. The van der Waals surface area contributed by atoms with E-state index in [0.717, 1.165) is 39.7 Å². The van der Waals surface area contributed by atoms with Gasteiger partial charge in [-0.2, -0.15) is 13.2 Å². The van der Waals surface area contributed by atoms with Gasteiger partial charge in [0.2, 0.25) is 5.78 Å². The molecule has 1 unspecified atom stereocenters. The Morgan fingerprint density at radius 3 is 2.65 bits per heavy atom. The maximum Gasteiger partial charge on any atom is 0.417 e. The van der Waals surface area contributed by atoms with Gasteiger partial charge in [-0.1, -0.05) is 18.2 Å². The van der Waals surface area contributed by atoms with Crippen LogP contribution in [0.25, 0.3) is 0 Å². The van der Waals surface area contributed by atoms with E-state index in [1.54, 1.807) is 17.3 Å². The summed E-state index contributed by atoms with van der Waals surface area (Å²) in [7, 11) is 0. The lowest BCUT2D eigenvalue weighted by Gasteiger charge is -2.34. The molecule has 1 aliphatic heterocycles. The molecule has 0 saturated carbocycles. The number of pyridine rings is 1. The summed E-state index contributed by atoms with van der Waals surface area (Å²) in [4.78, 5) is 31.9. The van der Waals surface area contributed by atoms with E-state index >= 15 is 0 Å². The number of nitrogens with zero attached hydrogens (tertiary/aromatic N) is 3.